The van der Waals surface area contributed by atoms with Crippen molar-refractivity contribution in [1.29, 1.82) is 0 Å². The number of hydrogen-bond donors (Lipinski definition) is 1. The van der Waals surface area contributed by atoms with Gasteiger partial charge in [0.15, 0.2) is 0 Å². The van der Waals surface area contributed by atoms with E-state index in [-0.39, 0.29) is 4.90 Å². The zero-order valence-electron chi connectivity index (χ0n) is 33.7. The SMILES string of the molecule is CCCCCCCCCCCCC(CCCCCCCCCCCC)CCCCCCCCCCCCCCCc1ccccc1S(=O)(=O)O. The Labute approximate surface area is 314 Å². The third-order valence-corrected chi connectivity index (χ3v) is 12.2. The molecule has 3 nitrogen and oxygen atoms in total. The summed E-state index contributed by atoms with van der Waals surface area (Å²) in [5.74, 6) is 0.991. The van der Waals surface area contributed by atoms with Gasteiger partial charge in [-0.25, -0.2) is 0 Å². The molecule has 50 heavy (non-hydrogen) atoms. The lowest BCUT2D eigenvalue weighted by molar-refractivity contribution is 0.365. The van der Waals surface area contributed by atoms with Gasteiger partial charge in [-0.2, -0.15) is 8.42 Å². The Bertz CT molecular complexity index is 918. The fraction of sp³-hybridized carbons (Fsp3) is 0.870. The molecule has 0 unspecified atom stereocenters. The molecule has 0 heterocycles. The van der Waals surface area contributed by atoms with Crippen LogP contribution in [0.1, 0.15) is 251 Å². The highest BCUT2D eigenvalue weighted by molar-refractivity contribution is 7.85. The fourth-order valence-corrected chi connectivity index (χ4v) is 8.68. The number of hydrogen-bond acceptors (Lipinski definition) is 2. The number of unbranched alkanes of at least 4 members (excludes halogenated alkanes) is 30. The summed E-state index contributed by atoms with van der Waals surface area (Å²) in [6.45, 7) is 4.62. The summed E-state index contributed by atoms with van der Waals surface area (Å²) in [7, 11) is -4.12. The van der Waals surface area contributed by atoms with Crippen LogP contribution in [-0.4, -0.2) is 13.0 Å². The van der Waals surface area contributed by atoms with Crippen LogP contribution in [0.5, 0.6) is 0 Å². The van der Waals surface area contributed by atoms with Crippen LogP contribution in [0.2, 0.25) is 0 Å². The Morgan fingerprint density at radius 3 is 1.02 bits per heavy atom. The zero-order chi connectivity index (χ0) is 36.2. The van der Waals surface area contributed by atoms with Gasteiger partial charge in [0, 0.05) is 0 Å². The summed E-state index contributed by atoms with van der Waals surface area (Å²) in [5.41, 5.74) is 0.739. The van der Waals surface area contributed by atoms with Crippen LogP contribution in [0.4, 0.5) is 0 Å². The lowest BCUT2D eigenvalue weighted by Crippen LogP contribution is -2.03. The van der Waals surface area contributed by atoms with Gasteiger partial charge in [0.05, 0.1) is 4.90 Å². The van der Waals surface area contributed by atoms with Gasteiger partial charge in [0.25, 0.3) is 10.1 Å². The summed E-state index contributed by atoms with van der Waals surface area (Å²) in [4.78, 5) is 0.0726. The van der Waals surface area contributed by atoms with Crippen molar-refractivity contribution >= 4 is 10.1 Å². The molecule has 0 bridgehead atoms. The molecule has 1 rings (SSSR count). The fourth-order valence-electron chi connectivity index (χ4n) is 7.93. The highest BCUT2D eigenvalue weighted by atomic mass is 32.2. The van der Waals surface area contributed by atoms with E-state index in [4.69, 9.17) is 0 Å². The normalized spacial score (nSPS) is 12.0. The van der Waals surface area contributed by atoms with Crippen LogP contribution in [0, 0.1) is 5.92 Å². The molecule has 0 aliphatic carbocycles. The maximum absolute atomic E-state index is 11.6. The molecule has 4 heteroatoms. The van der Waals surface area contributed by atoms with Gasteiger partial charge >= 0.3 is 0 Å². The second-order valence-electron chi connectivity index (χ2n) is 16.0. The molecule has 0 aliphatic heterocycles. The lowest BCUT2D eigenvalue weighted by Gasteiger charge is -2.17. The minimum Gasteiger partial charge on any atom is -0.282 e. The minimum atomic E-state index is -4.12. The molecule has 0 saturated heterocycles. The highest BCUT2D eigenvalue weighted by Gasteiger charge is 2.14. The molecule has 1 aromatic carbocycles. The number of rotatable bonds is 39. The van der Waals surface area contributed by atoms with E-state index in [0.29, 0.717) is 0 Å². The van der Waals surface area contributed by atoms with Crippen molar-refractivity contribution in [3.05, 3.63) is 29.8 Å². The molecule has 0 atom stereocenters. The first-order chi connectivity index (χ1) is 24.5. The molecule has 0 amide bonds. The molecule has 0 spiro atoms. The molecule has 294 valence electrons. The molecule has 0 aliphatic rings. The van der Waals surface area contributed by atoms with Crippen LogP contribution < -0.4 is 0 Å². The van der Waals surface area contributed by atoms with E-state index in [2.05, 4.69) is 13.8 Å². The minimum absolute atomic E-state index is 0.0726. The molecular weight excluding hydrogens is 633 g/mol. The Hall–Kier alpha value is -0.870. The molecule has 0 radical (unpaired) electrons. The summed E-state index contributed by atoms with van der Waals surface area (Å²) < 4.78 is 32.5. The largest absolute Gasteiger partial charge is 0.294 e. The smallest absolute Gasteiger partial charge is 0.282 e. The maximum atomic E-state index is 11.6. The maximum Gasteiger partial charge on any atom is 0.294 e. The molecule has 0 fully saturated rings. The molecular formula is C46H86O3S. The second kappa shape index (κ2) is 35.2. The van der Waals surface area contributed by atoms with Crippen molar-refractivity contribution in [1.82, 2.24) is 0 Å². The first-order valence-corrected chi connectivity index (χ1v) is 24.0. The molecule has 0 aromatic heterocycles. The van der Waals surface area contributed by atoms with E-state index in [9.17, 15) is 13.0 Å². The average Bonchev–Trinajstić information content (AvgIpc) is 3.10. The van der Waals surface area contributed by atoms with Crippen LogP contribution in [0.15, 0.2) is 29.2 Å². The van der Waals surface area contributed by atoms with Crippen molar-refractivity contribution in [2.45, 2.75) is 256 Å². The monoisotopic (exact) mass is 719 g/mol. The Kier molecular flexibility index (Phi) is 33.2. The first kappa shape index (κ1) is 47.2. The van der Waals surface area contributed by atoms with Crippen LogP contribution in [0.3, 0.4) is 0 Å². The predicted molar refractivity (Wildman–Crippen MR) is 221 cm³/mol. The summed E-state index contributed by atoms with van der Waals surface area (Å²) in [6, 6.07) is 6.84. The number of aryl methyl sites for hydroxylation is 1. The molecule has 0 saturated carbocycles. The second-order valence-corrected chi connectivity index (χ2v) is 17.4. The van der Waals surface area contributed by atoms with Crippen molar-refractivity contribution in [3.63, 3.8) is 0 Å². The highest BCUT2D eigenvalue weighted by Crippen LogP contribution is 2.25. The van der Waals surface area contributed by atoms with Crippen LogP contribution >= 0.6 is 0 Å². The third-order valence-electron chi connectivity index (χ3n) is 11.2. The van der Waals surface area contributed by atoms with Crippen LogP contribution in [-0.2, 0) is 16.5 Å². The first-order valence-electron chi connectivity index (χ1n) is 22.5. The van der Waals surface area contributed by atoms with E-state index >= 15 is 0 Å². The molecule has 1 N–H and O–H groups in total. The van der Waals surface area contributed by atoms with Crippen molar-refractivity contribution in [2.75, 3.05) is 0 Å². The number of benzene rings is 1. The van der Waals surface area contributed by atoms with E-state index < -0.39 is 10.1 Å². The van der Waals surface area contributed by atoms with Gasteiger partial charge in [-0.1, -0.05) is 257 Å². The van der Waals surface area contributed by atoms with Gasteiger partial charge in [0.1, 0.15) is 0 Å². The third kappa shape index (κ3) is 29.7. The zero-order valence-corrected chi connectivity index (χ0v) is 34.5. The van der Waals surface area contributed by atoms with E-state index in [1.54, 1.807) is 6.07 Å². The quantitative estimate of drug-likeness (QED) is 0.0544. The van der Waals surface area contributed by atoms with Crippen molar-refractivity contribution in [3.8, 4) is 0 Å². The predicted octanol–water partition coefficient (Wildman–Crippen LogP) is 16.2. The topological polar surface area (TPSA) is 54.4 Å². The summed E-state index contributed by atoms with van der Waals surface area (Å²) in [6.07, 6.45) is 51.4. The van der Waals surface area contributed by atoms with Gasteiger partial charge in [-0.15, -0.1) is 0 Å². The van der Waals surface area contributed by atoms with E-state index in [1.807, 2.05) is 12.1 Å². The Balaban J connectivity index is 2.07. The molecule has 1 aromatic rings. The van der Waals surface area contributed by atoms with E-state index in [0.717, 1.165) is 30.7 Å². The average molecular weight is 719 g/mol. The van der Waals surface area contributed by atoms with Gasteiger partial charge in [0.2, 0.25) is 0 Å². The van der Waals surface area contributed by atoms with Gasteiger partial charge in [-0.3, -0.25) is 4.55 Å². The van der Waals surface area contributed by atoms with Crippen LogP contribution in [0.25, 0.3) is 0 Å². The van der Waals surface area contributed by atoms with Gasteiger partial charge in [-0.05, 0) is 30.4 Å². The lowest BCUT2D eigenvalue weighted by atomic mass is 9.89. The van der Waals surface area contributed by atoms with Gasteiger partial charge < -0.3 is 0 Å². The van der Waals surface area contributed by atoms with Crippen molar-refractivity contribution in [2.24, 2.45) is 5.92 Å². The summed E-state index contributed by atoms with van der Waals surface area (Å²) in [5, 5.41) is 0. The van der Waals surface area contributed by atoms with E-state index in [1.165, 1.54) is 224 Å². The Morgan fingerprint density at radius 1 is 0.420 bits per heavy atom. The standard InChI is InChI=1S/C46H86O3S/c1-3-5-7-9-11-13-20-24-28-32-38-44(39-33-29-25-21-14-12-10-8-6-4-2)40-34-30-26-22-18-16-15-17-19-23-27-31-35-41-45-42-36-37-43-46(45)50(47,48)49/h36-37,42-44H,3-35,38-41H2,1-2H3,(H,47,48,49). The Morgan fingerprint density at radius 2 is 0.700 bits per heavy atom. The van der Waals surface area contributed by atoms with Crippen molar-refractivity contribution < 1.29 is 13.0 Å². The summed E-state index contributed by atoms with van der Waals surface area (Å²) >= 11 is 0.